The molecule has 0 rings (SSSR count). The van der Waals surface area contributed by atoms with Gasteiger partial charge in [-0.3, -0.25) is 0 Å². The molecule has 58 heavy (non-hydrogen) atoms. The summed E-state index contributed by atoms with van der Waals surface area (Å²) in [5, 5.41) is 0. The molecule has 0 radical (unpaired) electrons. The van der Waals surface area contributed by atoms with E-state index in [1.165, 1.54) is 353 Å². The Labute approximate surface area is 371 Å². The number of nitrogens with two attached hydrogens (primary N) is 1. The van der Waals surface area contributed by atoms with Gasteiger partial charge in [-0.25, -0.2) is 0 Å². The van der Waals surface area contributed by atoms with E-state index in [4.69, 9.17) is 5.73 Å². The summed E-state index contributed by atoms with van der Waals surface area (Å²) in [6, 6.07) is 0. The van der Waals surface area contributed by atoms with Crippen LogP contribution in [0.3, 0.4) is 0 Å². The van der Waals surface area contributed by atoms with Gasteiger partial charge in [0.2, 0.25) is 0 Å². The van der Waals surface area contributed by atoms with Gasteiger partial charge in [-0.05, 0) is 13.0 Å². The average molecular weight is 817 g/mol. The fraction of sp³-hybridized carbons (Fsp3) is 1.00. The summed E-state index contributed by atoms with van der Waals surface area (Å²) in [6.45, 7) is 3.19. The van der Waals surface area contributed by atoms with Gasteiger partial charge >= 0.3 is 0 Å². The number of rotatable bonds is 55. The third-order valence-electron chi connectivity index (χ3n) is 13.8. The lowest BCUT2D eigenvalue weighted by Crippen LogP contribution is -1.97. The summed E-state index contributed by atoms with van der Waals surface area (Å²) in [4.78, 5) is 0. The zero-order valence-corrected chi connectivity index (χ0v) is 41.2. The van der Waals surface area contributed by atoms with E-state index in [9.17, 15) is 0 Å². The van der Waals surface area contributed by atoms with Crippen LogP contribution in [0.15, 0.2) is 0 Å². The molecule has 0 bridgehead atoms. The predicted octanol–water partition coefficient (Wildman–Crippen LogP) is 21.4. The Bertz CT molecular complexity index is 602. The summed E-state index contributed by atoms with van der Waals surface area (Å²) in [5.74, 6) is 0. The third-order valence-corrected chi connectivity index (χ3v) is 13.8. The lowest BCUT2D eigenvalue weighted by molar-refractivity contribution is 0.507. The molecule has 0 spiro atoms. The molecule has 0 aromatic rings. The van der Waals surface area contributed by atoms with Crippen molar-refractivity contribution in [2.24, 2.45) is 5.73 Å². The van der Waals surface area contributed by atoms with Crippen molar-refractivity contribution in [1.29, 1.82) is 0 Å². The number of unbranched alkanes of at least 4 members (excludes halogenated alkanes) is 54. The van der Waals surface area contributed by atoms with Gasteiger partial charge in [-0.1, -0.05) is 354 Å². The van der Waals surface area contributed by atoms with Crippen molar-refractivity contribution in [2.75, 3.05) is 6.54 Å². The molecule has 1 nitrogen and oxygen atoms in total. The van der Waals surface area contributed by atoms with E-state index in [1.807, 2.05) is 0 Å². The summed E-state index contributed by atoms with van der Waals surface area (Å²) in [5.41, 5.74) is 5.57. The molecule has 0 amide bonds. The van der Waals surface area contributed by atoms with E-state index in [0.717, 1.165) is 6.54 Å². The van der Waals surface area contributed by atoms with Crippen LogP contribution in [0.5, 0.6) is 0 Å². The maximum atomic E-state index is 5.57. The highest BCUT2D eigenvalue weighted by Crippen LogP contribution is 2.19. The minimum absolute atomic E-state index is 0.875. The maximum Gasteiger partial charge on any atom is -0.00773 e. The van der Waals surface area contributed by atoms with Gasteiger partial charge in [0.25, 0.3) is 0 Å². The highest BCUT2D eigenvalue weighted by molar-refractivity contribution is 4.55. The Kier molecular flexibility index (Phi) is 56.9. The first-order valence-corrected chi connectivity index (χ1v) is 28.6. The van der Waals surface area contributed by atoms with Gasteiger partial charge in [0.1, 0.15) is 0 Å². The van der Waals surface area contributed by atoms with Gasteiger partial charge in [-0.2, -0.15) is 0 Å². The third kappa shape index (κ3) is 56.0. The molecule has 0 aromatic heterocycles. The molecular formula is C57H117N. The van der Waals surface area contributed by atoms with Crippen molar-refractivity contribution >= 4 is 0 Å². The first-order chi connectivity index (χ1) is 28.9. The zero-order chi connectivity index (χ0) is 41.6. The molecule has 0 unspecified atom stereocenters. The van der Waals surface area contributed by atoms with Crippen LogP contribution in [0.1, 0.15) is 360 Å². The summed E-state index contributed by atoms with van der Waals surface area (Å²) in [7, 11) is 0. The molecule has 2 N–H and O–H groups in total. The molecule has 0 saturated heterocycles. The van der Waals surface area contributed by atoms with Crippen molar-refractivity contribution in [3.8, 4) is 0 Å². The molecule has 1 heteroatoms. The van der Waals surface area contributed by atoms with Crippen LogP contribution in [0, 0.1) is 0 Å². The van der Waals surface area contributed by atoms with E-state index in [0.29, 0.717) is 0 Å². The Morgan fingerprint density at radius 1 is 0.138 bits per heavy atom. The highest BCUT2D eigenvalue weighted by atomic mass is 14.5. The van der Waals surface area contributed by atoms with E-state index < -0.39 is 0 Å². The molecule has 0 atom stereocenters. The van der Waals surface area contributed by atoms with Crippen LogP contribution >= 0.6 is 0 Å². The lowest BCUT2D eigenvalue weighted by atomic mass is 10.0. The van der Waals surface area contributed by atoms with Gasteiger partial charge in [-0.15, -0.1) is 0 Å². The second-order valence-electron chi connectivity index (χ2n) is 19.9. The van der Waals surface area contributed by atoms with Crippen molar-refractivity contribution in [2.45, 2.75) is 360 Å². The Hall–Kier alpha value is -0.0400. The predicted molar refractivity (Wildman–Crippen MR) is 269 cm³/mol. The fourth-order valence-electron chi connectivity index (χ4n) is 9.59. The van der Waals surface area contributed by atoms with Gasteiger partial charge in [0.05, 0.1) is 0 Å². The second kappa shape index (κ2) is 57.0. The highest BCUT2D eigenvalue weighted by Gasteiger charge is 1.99. The summed E-state index contributed by atoms with van der Waals surface area (Å²) in [6.07, 6.45) is 81.2. The SMILES string of the molecule is CCCCCCCCCCCCCCCCCCCCCCCCCCCCCCCCCCCCCCCCCCCCCCCCCCCCCCCCCN. The first-order valence-electron chi connectivity index (χ1n) is 28.6. The lowest BCUT2D eigenvalue weighted by Gasteiger charge is -2.05. The van der Waals surface area contributed by atoms with Crippen molar-refractivity contribution < 1.29 is 0 Å². The molecule has 350 valence electrons. The van der Waals surface area contributed by atoms with Crippen molar-refractivity contribution in [3.05, 3.63) is 0 Å². The molecule has 0 aromatic carbocycles. The topological polar surface area (TPSA) is 26.0 Å². The minimum atomic E-state index is 0.875. The molecule has 0 aliphatic rings. The summed E-state index contributed by atoms with van der Waals surface area (Å²) >= 11 is 0. The Morgan fingerprint density at radius 2 is 0.224 bits per heavy atom. The minimum Gasteiger partial charge on any atom is -0.330 e. The summed E-state index contributed by atoms with van der Waals surface area (Å²) < 4.78 is 0. The normalized spacial score (nSPS) is 11.7. The number of hydrogen-bond donors (Lipinski definition) is 1. The first kappa shape index (κ1) is 58.0. The van der Waals surface area contributed by atoms with Crippen LogP contribution < -0.4 is 5.73 Å². The van der Waals surface area contributed by atoms with E-state index in [1.54, 1.807) is 0 Å². The van der Waals surface area contributed by atoms with Crippen LogP contribution in [-0.4, -0.2) is 6.54 Å². The molecule has 0 aliphatic carbocycles. The molecule has 0 heterocycles. The van der Waals surface area contributed by atoms with Gasteiger partial charge in [0.15, 0.2) is 0 Å². The Morgan fingerprint density at radius 3 is 0.310 bits per heavy atom. The molecular weight excluding hydrogens is 699 g/mol. The van der Waals surface area contributed by atoms with Crippen molar-refractivity contribution in [3.63, 3.8) is 0 Å². The fourth-order valence-corrected chi connectivity index (χ4v) is 9.59. The van der Waals surface area contributed by atoms with Gasteiger partial charge < -0.3 is 5.73 Å². The monoisotopic (exact) mass is 816 g/mol. The van der Waals surface area contributed by atoms with Crippen LogP contribution in [0.2, 0.25) is 0 Å². The zero-order valence-electron chi connectivity index (χ0n) is 41.2. The second-order valence-corrected chi connectivity index (χ2v) is 19.9. The molecule has 0 aliphatic heterocycles. The van der Waals surface area contributed by atoms with Crippen LogP contribution in [-0.2, 0) is 0 Å². The maximum absolute atomic E-state index is 5.57. The van der Waals surface area contributed by atoms with E-state index in [2.05, 4.69) is 6.92 Å². The van der Waals surface area contributed by atoms with Gasteiger partial charge in [0, 0.05) is 0 Å². The van der Waals surface area contributed by atoms with Crippen LogP contribution in [0.4, 0.5) is 0 Å². The van der Waals surface area contributed by atoms with E-state index in [-0.39, 0.29) is 0 Å². The quantitative estimate of drug-likeness (QED) is 0.0608. The average Bonchev–Trinajstić information content (AvgIpc) is 3.23. The largest absolute Gasteiger partial charge is 0.330 e. The Balaban J connectivity index is 3.05. The molecule has 0 fully saturated rings. The molecule has 0 saturated carbocycles. The van der Waals surface area contributed by atoms with Crippen LogP contribution in [0.25, 0.3) is 0 Å². The number of hydrogen-bond acceptors (Lipinski definition) is 1. The van der Waals surface area contributed by atoms with E-state index >= 15 is 0 Å². The smallest absolute Gasteiger partial charge is 0.00773 e. The standard InChI is InChI=1S/C57H117N/c1-2-3-4-5-6-7-8-9-10-11-12-13-14-15-16-17-18-19-20-21-22-23-24-25-26-27-28-29-30-31-32-33-34-35-36-37-38-39-40-41-42-43-44-45-46-47-48-49-50-51-52-53-54-55-56-57-58/h2-58H2,1H3. The van der Waals surface area contributed by atoms with Crippen molar-refractivity contribution in [1.82, 2.24) is 0 Å².